The van der Waals surface area contributed by atoms with E-state index in [4.69, 9.17) is 4.98 Å². The quantitative estimate of drug-likeness (QED) is 0.583. The van der Waals surface area contributed by atoms with Crippen molar-refractivity contribution in [2.75, 3.05) is 5.32 Å². The number of para-hydroxylation sites is 1. The van der Waals surface area contributed by atoms with Gasteiger partial charge in [-0.1, -0.05) is 36.4 Å². The second-order valence-corrected chi connectivity index (χ2v) is 6.37. The summed E-state index contributed by atoms with van der Waals surface area (Å²) in [5, 5.41) is 3.77. The first kappa shape index (κ1) is 16.8. The maximum absolute atomic E-state index is 11.2. The van der Waals surface area contributed by atoms with Crippen molar-refractivity contribution in [2.45, 2.75) is 13.8 Å². The van der Waals surface area contributed by atoms with E-state index in [1.807, 2.05) is 73.8 Å². The van der Waals surface area contributed by atoms with Crippen LogP contribution in [0.15, 0.2) is 66.9 Å². The number of benzene rings is 2. The highest BCUT2D eigenvalue weighted by Gasteiger charge is 2.10. The number of rotatable bonds is 3. The summed E-state index contributed by atoms with van der Waals surface area (Å²) >= 11 is 0. The predicted octanol–water partition coefficient (Wildman–Crippen LogP) is 4.63. The van der Waals surface area contributed by atoms with Crippen LogP contribution in [-0.4, -0.2) is 20.9 Å². The smallest absolute Gasteiger partial charge is 0.221 e. The van der Waals surface area contributed by atoms with Crippen molar-refractivity contribution < 1.29 is 4.79 Å². The summed E-state index contributed by atoms with van der Waals surface area (Å²) in [5.74, 6) is 0.511. The third kappa shape index (κ3) is 3.53. The van der Waals surface area contributed by atoms with Gasteiger partial charge in [-0.05, 0) is 36.8 Å². The molecule has 4 aromatic rings. The van der Waals surface area contributed by atoms with E-state index in [9.17, 15) is 4.79 Å². The van der Waals surface area contributed by atoms with Gasteiger partial charge in [-0.25, -0.2) is 15.0 Å². The molecule has 5 nitrogen and oxygen atoms in total. The minimum Gasteiger partial charge on any atom is -0.326 e. The maximum atomic E-state index is 11.2. The molecular weight excluding hydrogens is 336 g/mol. The molecule has 0 bridgehead atoms. The van der Waals surface area contributed by atoms with Gasteiger partial charge < -0.3 is 5.32 Å². The SMILES string of the molecule is CC(=O)Nc1ccc(-c2nc(-c3ncc4ccccc4n3)ccc2C)cc1. The van der Waals surface area contributed by atoms with Gasteiger partial charge in [0.2, 0.25) is 5.91 Å². The molecule has 0 saturated carbocycles. The summed E-state index contributed by atoms with van der Waals surface area (Å²) in [5.41, 5.74) is 5.30. The first-order chi connectivity index (χ1) is 13.1. The van der Waals surface area contributed by atoms with Crippen LogP contribution in [0, 0.1) is 6.92 Å². The number of hydrogen-bond acceptors (Lipinski definition) is 4. The molecule has 0 radical (unpaired) electrons. The minimum absolute atomic E-state index is 0.0903. The number of amides is 1. The van der Waals surface area contributed by atoms with Gasteiger partial charge in [0.1, 0.15) is 5.69 Å². The first-order valence-electron chi connectivity index (χ1n) is 8.68. The molecule has 0 aliphatic carbocycles. The van der Waals surface area contributed by atoms with Crippen LogP contribution in [-0.2, 0) is 4.79 Å². The standard InChI is InChI=1S/C22H18N4O/c1-14-7-12-20(22-23-13-17-5-3-4-6-19(17)26-22)25-21(14)16-8-10-18(11-9-16)24-15(2)27/h3-13H,1-2H3,(H,24,27). The zero-order valence-corrected chi connectivity index (χ0v) is 15.1. The predicted molar refractivity (Wildman–Crippen MR) is 107 cm³/mol. The molecule has 2 aromatic heterocycles. The van der Waals surface area contributed by atoms with Gasteiger partial charge in [0.15, 0.2) is 5.82 Å². The topological polar surface area (TPSA) is 67.8 Å². The van der Waals surface area contributed by atoms with Gasteiger partial charge in [-0.15, -0.1) is 0 Å². The van der Waals surface area contributed by atoms with E-state index >= 15 is 0 Å². The Labute approximate surface area is 157 Å². The lowest BCUT2D eigenvalue weighted by molar-refractivity contribution is -0.114. The maximum Gasteiger partial charge on any atom is 0.221 e. The second kappa shape index (κ2) is 6.96. The number of nitrogens with one attached hydrogen (secondary N) is 1. The molecule has 1 N–H and O–H groups in total. The Morgan fingerprint density at radius 1 is 0.926 bits per heavy atom. The number of carbonyl (C=O) groups is 1. The molecule has 0 spiro atoms. The monoisotopic (exact) mass is 354 g/mol. The van der Waals surface area contributed by atoms with E-state index in [2.05, 4.69) is 15.3 Å². The van der Waals surface area contributed by atoms with Gasteiger partial charge in [0, 0.05) is 29.8 Å². The summed E-state index contributed by atoms with van der Waals surface area (Å²) in [7, 11) is 0. The largest absolute Gasteiger partial charge is 0.326 e. The molecule has 2 heterocycles. The average molecular weight is 354 g/mol. The van der Waals surface area contributed by atoms with E-state index < -0.39 is 0 Å². The highest BCUT2D eigenvalue weighted by molar-refractivity contribution is 5.89. The normalized spacial score (nSPS) is 10.7. The lowest BCUT2D eigenvalue weighted by Gasteiger charge is -2.09. The molecule has 0 unspecified atom stereocenters. The van der Waals surface area contributed by atoms with Crippen LogP contribution in [0.5, 0.6) is 0 Å². The fourth-order valence-electron chi connectivity index (χ4n) is 2.96. The molecule has 0 aliphatic rings. The Balaban J connectivity index is 1.73. The van der Waals surface area contributed by atoms with Crippen molar-refractivity contribution >= 4 is 22.5 Å². The molecule has 27 heavy (non-hydrogen) atoms. The molecule has 0 aliphatic heterocycles. The summed E-state index contributed by atoms with van der Waals surface area (Å²) in [6.07, 6.45) is 1.82. The van der Waals surface area contributed by atoms with Crippen LogP contribution in [0.2, 0.25) is 0 Å². The lowest BCUT2D eigenvalue weighted by Crippen LogP contribution is -2.05. The van der Waals surface area contributed by atoms with E-state index in [0.717, 1.165) is 39.1 Å². The molecular formula is C22H18N4O. The summed E-state index contributed by atoms with van der Waals surface area (Å²) < 4.78 is 0. The molecule has 0 atom stereocenters. The number of nitrogens with zero attached hydrogens (tertiary/aromatic N) is 3. The van der Waals surface area contributed by atoms with Crippen LogP contribution in [0.3, 0.4) is 0 Å². The number of anilines is 1. The fraction of sp³-hybridized carbons (Fsp3) is 0.0909. The molecule has 0 saturated heterocycles. The van der Waals surface area contributed by atoms with Crippen molar-refractivity contribution in [1.82, 2.24) is 15.0 Å². The van der Waals surface area contributed by atoms with Crippen LogP contribution in [0.1, 0.15) is 12.5 Å². The van der Waals surface area contributed by atoms with E-state index in [1.165, 1.54) is 6.92 Å². The number of aryl methyl sites for hydroxylation is 1. The Kier molecular flexibility index (Phi) is 4.34. The Morgan fingerprint density at radius 3 is 2.48 bits per heavy atom. The van der Waals surface area contributed by atoms with Crippen molar-refractivity contribution in [1.29, 1.82) is 0 Å². The highest BCUT2D eigenvalue weighted by atomic mass is 16.1. The number of hydrogen-bond donors (Lipinski definition) is 1. The highest BCUT2D eigenvalue weighted by Crippen LogP contribution is 2.26. The molecule has 5 heteroatoms. The van der Waals surface area contributed by atoms with Gasteiger partial charge in [0.25, 0.3) is 0 Å². The van der Waals surface area contributed by atoms with E-state index in [-0.39, 0.29) is 5.91 Å². The Morgan fingerprint density at radius 2 is 1.70 bits per heavy atom. The van der Waals surface area contributed by atoms with Crippen LogP contribution < -0.4 is 5.32 Å². The van der Waals surface area contributed by atoms with Gasteiger partial charge in [-0.2, -0.15) is 0 Å². The van der Waals surface area contributed by atoms with Crippen molar-refractivity contribution in [3.05, 3.63) is 72.4 Å². The third-order valence-corrected chi connectivity index (χ3v) is 4.29. The molecule has 4 rings (SSSR count). The lowest BCUT2D eigenvalue weighted by atomic mass is 10.1. The van der Waals surface area contributed by atoms with Crippen molar-refractivity contribution in [3.63, 3.8) is 0 Å². The van der Waals surface area contributed by atoms with Crippen molar-refractivity contribution in [3.8, 4) is 22.8 Å². The number of pyridine rings is 1. The Hall–Kier alpha value is -3.60. The van der Waals surface area contributed by atoms with Gasteiger partial charge >= 0.3 is 0 Å². The number of carbonyl (C=O) groups excluding carboxylic acids is 1. The zero-order chi connectivity index (χ0) is 18.8. The van der Waals surface area contributed by atoms with E-state index in [1.54, 1.807) is 0 Å². The summed E-state index contributed by atoms with van der Waals surface area (Å²) in [6.45, 7) is 3.52. The Bertz CT molecular complexity index is 1140. The van der Waals surface area contributed by atoms with Crippen LogP contribution in [0.25, 0.3) is 33.7 Å². The van der Waals surface area contributed by atoms with Gasteiger partial charge in [-0.3, -0.25) is 4.79 Å². The number of aromatic nitrogens is 3. The summed E-state index contributed by atoms with van der Waals surface area (Å²) in [4.78, 5) is 25.1. The molecule has 2 aromatic carbocycles. The van der Waals surface area contributed by atoms with Crippen LogP contribution >= 0.6 is 0 Å². The average Bonchev–Trinajstić information content (AvgIpc) is 2.68. The molecule has 1 amide bonds. The van der Waals surface area contributed by atoms with Gasteiger partial charge in [0.05, 0.1) is 11.2 Å². The molecule has 132 valence electrons. The fourth-order valence-corrected chi connectivity index (χ4v) is 2.96. The second-order valence-electron chi connectivity index (χ2n) is 6.37. The van der Waals surface area contributed by atoms with Crippen molar-refractivity contribution in [2.24, 2.45) is 0 Å². The first-order valence-corrected chi connectivity index (χ1v) is 8.68. The third-order valence-electron chi connectivity index (χ3n) is 4.29. The minimum atomic E-state index is -0.0903. The molecule has 0 fully saturated rings. The van der Waals surface area contributed by atoms with Crippen LogP contribution in [0.4, 0.5) is 5.69 Å². The van der Waals surface area contributed by atoms with E-state index in [0.29, 0.717) is 5.82 Å². The number of fused-ring (bicyclic) bond motifs is 1. The summed E-state index contributed by atoms with van der Waals surface area (Å²) in [6, 6.07) is 19.5. The zero-order valence-electron chi connectivity index (χ0n) is 15.1.